The maximum atomic E-state index is 9.75. The van der Waals surface area contributed by atoms with Gasteiger partial charge in [0, 0.05) is 0 Å². The highest BCUT2D eigenvalue weighted by atomic mass is 16.3. The van der Waals surface area contributed by atoms with Gasteiger partial charge in [0.15, 0.2) is 0 Å². The third-order valence-corrected chi connectivity index (χ3v) is 0.741. The van der Waals surface area contributed by atoms with Crippen LogP contribution in [0.1, 0.15) is 20.8 Å². The molecule has 0 aliphatic rings. The Morgan fingerprint density at radius 2 is 2.12 bits per heavy atom. The first-order valence-corrected chi connectivity index (χ1v) is 2.64. The van der Waals surface area contributed by atoms with E-state index in [4.69, 9.17) is 0 Å². The molecule has 0 aromatic heterocycles. The van der Waals surface area contributed by atoms with Crippen LogP contribution in [0.4, 0.5) is 0 Å². The minimum absolute atomic E-state index is 0.167. The van der Waals surface area contributed by atoms with E-state index >= 15 is 0 Å². The Balaban J connectivity index is 3.68. The van der Waals surface area contributed by atoms with Gasteiger partial charge in [0.1, 0.15) is 6.04 Å². The summed E-state index contributed by atoms with van der Waals surface area (Å²) in [5.74, 6) is 0. The summed E-state index contributed by atoms with van der Waals surface area (Å²) in [6.07, 6.45) is 1.83. The van der Waals surface area contributed by atoms with Crippen LogP contribution in [0.3, 0.4) is 0 Å². The lowest BCUT2D eigenvalue weighted by Gasteiger charge is -1.91. The summed E-state index contributed by atoms with van der Waals surface area (Å²) < 4.78 is 0. The number of rotatable bonds is 2. The molecule has 0 fully saturated rings. The van der Waals surface area contributed by atoms with E-state index in [1.165, 1.54) is 0 Å². The molecule has 0 N–H and O–H groups in total. The molecule has 0 bridgehead atoms. The van der Waals surface area contributed by atoms with Crippen LogP contribution in [0.15, 0.2) is 16.8 Å². The second-order valence-electron chi connectivity index (χ2n) is 2.09. The first kappa shape index (κ1) is 7.34. The Hall–Kier alpha value is -0.660. The maximum absolute atomic E-state index is 9.75. The van der Waals surface area contributed by atoms with E-state index < -0.39 is 0 Å². The van der Waals surface area contributed by atoms with Gasteiger partial charge in [-0.2, -0.15) is 4.91 Å². The Bertz CT molecular complexity index is 103. The van der Waals surface area contributed by atoms with Gasteiger partial charge in [-0.15, -0.1) is 0 Å². The number of hydrogen-bond donors (Lipinski definition) is 0. The van der Waals surface area contributed by atoms with Gasteiger partial charge in [-0.1, -0.05) is 16.8 Å². The van der Waals surface area contributed by atoms with E-state index in [0.717, 1.165) is 5.57 Å². The van der Waals surface area contributed by atoms with E-state index in [0.29, 0.717) is 0 Å². The van der Waals surface area contributed by atoms with Crippen molar-refractivity contribution < 1.29 is 0 Å². The van der Waals surface area contributed by atoms with Crippen LogP contribution in [0.5, 0.6) is 0 Å². The summed E-state index contributed by atoms with van der Waals surface area (Å²) in [6.45, 7) is 5.66. The van der Waals surface area contributed by atoms with Gasteiger partial charge in [-0.05, 0) is 20.8 Å². The first-order valence-electron chi connectivity index (χ1n) is 2.64. The second-order valence-corrected chi connectivity index (χ2v) is 2.09. The van der Waals surface area contributed by atoms with Gasteiger partial charge < -0.3 is 0 Å². The second kappa shape index (κ2) is 3.36. The van der Waals surface area contributed by atoms with Gasteiger partial charge in [0.2, 0.25) is 0 Å². The third kappa shape index (κ3) is 3.53. The molecule has 2 nitrogen and oxygen atoms in total. The SMILES string of the molecule is CC(C)=CC(C)N=O. The van der Waals surface area contributed by atoms with E-state index in [-0.39, 0.29) is 6.04 Å². The molecule has 0 aliphatic carbocycles. The predicted octanol–water partition coefficient (Wildman–Crippen LogP) is 2.11. The lowest BCUT2D eigenvalue weighted by molar-refractivity contribution is 0.904. The molecule has 0 amide bonds. The molecule has 2 heteroatoms. The smallest absolute Gasteiger partial charge is 0.107 e. The molecule has 0 radical (unpaired) electrons. The van der Waals surface area contributed by atoms with Gasteiger partial charge in [0.25, 0.3) is 0 Å². The molecule has 0 aromatic carbocycles. The molecule has 0 spiro atoms. The monoisotopic (exact) mass is 113 g/mol. The minimum Gasteiger partial charge on any atom is -0.150 e. The van der Waals surface area contributed by atoms with Crippen molar-refractivity contribution in [3.8, 4) is 0 Å². The van der Waals surface area contributed by atoms with Crippen molar-refractivity contribution in [2.75, 3.05) is 0 Å². The lowest BCUT2D eigenvalue weighted by atomic mass is 10.2. The quantitative estimate of drug-likeness (QED) is 0.398. The van der Waals surface area contributed by atoms with Crippen molar-refractivity contribution in [3.63, 3.8) is 0 Å². The Morgan fingerprint density at radius 1 is 1.62 bits per heavy atom. The van der Waals surface area contributed by atoms with Crippen LogP contribution < -0.4 is 0 Å². The van der Waals surface area contributed by atoms with Crippen molar-refractivity contribution in [2.45, 2.75) is 26.8 Å². The molecule has 0 saturated carbocycles. The van der Waals surface area contributed by atoms with Gasteiger partial charge >= 0.3 is 0 Å². The van der Waals surface area contributed by atoms with Crippen LogP contribution in [-0.4, -0.2) is 6.04 Å². The maximum Gasteiger partial charge on any atom is 0.107 e. The summed E-state index contributed by atoms with van der Waals surface area (Å²) >= 11 is 0. The van der Waals surface area contributed by atoms with Crippen molar-refractivity contribution >= 4 is 0 Å². The molecule has 1 atom stereocenters. The van der Waals surface area contributed by atoms with E-state index in [9.17, 15) is 4.91 Å². The molecular formula is C6H11NO. The normalized spacial score (nSPS) is 12.4. The molecule has 8 heavy (non-hydrogen) atoms. The summed E-state index contributed by atoms with van der Waals surface area (Å²) in [5, 5.41) is 2.80. The minimum atomic E-state index is -0.167. The molecule has 0 saturated heterocycles. The van der Waals surface area contributed by atoms with Crippen molar-refractivity contribution in [1.29, 1.82) is 0 Å². The molecule has 0 aliphatic heterocycles. The molecule has 0 heterocycles. The van der Waals surface area contributed by atoms with E-state index in [1.54, 1.807) is 6.92 Å². The van der Waals surface area contributed by atoms with Crippen molar-refractivity contribution in [2.24, 2.45) is 5.18 Å². The average Bonchev–Trinajstić information content (AvgIpc) is 1.65. The fraction of sp³-hybridized carbons (Fsp3) is 0.667. The van der Waals surface area contributed by atoms with Crippen LogP contribution in [0.2, 0.25) is 0 Å². The highest BCUT2D eigenvalue weighted by Gasteiger charge is 1.91. The number of hydrogen-bond acceptors (Lipinski definition) is 2. The lowest BCUT2D eigenvalue weighted by Crippen LogP contribution is -1.89. The Kier molecular flexibility index (Phi) is 3.08. The van der Waals surface area contributed by atoms with Crippen molar-refractivity contribution in [3.05, 3.63) is 16.6 Å². The Morgan fingerprint density at radius 3 is 2.25 bits per heavy atom. The van der Waals surface area contributed by atoms with Crippen LogP contribution in [-0.2, 0) is 0 Å². The third-order valence-electron chi connectivity index (χ3n) is 0.741. The summed E-state index contributed by atoms with van der Waals surface area (Å²) in [4.78, 5) is 9.75. The topological polar surface area (TPSA) is 29.4 Å². The zero-order valence-electron chi connectivity index (χ0n) is 5.51. The van der Waals surface area contributed by atoms with E-state index in [1.807, 2.05) is 19.9 Å². The zero-order chi connectivity index (χ0) is 6.57. The first-order chi connectivity index (χ1) is 3.66. The zero-order valence-corrected chi connectivity index (χ0v) is 5.51. The Labute approximate surface area is 49.6 Å². The summed E-state index contributed by atoms with van der Waals surface area (Å²) in [5.41, 5.74) is 1.14. The van der Waals surface area contributed by atoms with Gasteiger partial charge in [-0.3, -0.25) is 0 Å². The van der Waals surface area contributed by atoms with Crippen LogP contribution in [0, 0.1) is 4.91 Å². The highest BCUT2D eigenvalue weighted by molar-refractivity contribution is 4.98. The largest absolute Gasteiger partial charge is 0.150 e. The van der Waals surface area contributed by atoms with Crippen LogP contribution in [0.25, 0.3) is 0 Å². The van der Waals surface area contributed by atoms with Gasteiger partial charge in [-0.25, -0.2) is 0 Å². The fourth-order valence-corrected chi connectivity index (χ4v) is 0.513. The number of allylic oxidation sites excluding steroid dienone is 1. The molecule has 0 aromatic rings. The van der Waals surface area contributed by atoms with Crippen molar-refractivity contribution in [1.82, 2.24) is 0 Å². The predicted molar refractivity (Wildman–Crippen MR) is 34.7 cm³/mol. The number of nitrogens with zero attached hydrogens (tertiary/aromatic N) is 1. The summed E-state index contributed by atoms with van der Waals surface area (Å²) in [7, 11) is 0. The average molecular weight is 113 g/mol. The standard InChI is InChI=1S/C6H11NO/c1-5(2)4-6(3)7-8/h4,6H,1-3H3. The molecule has 0 rings (SSSR count). The molecule has 1 unspecified atom stereocenters. The summed E-state index contributed by atoms with van der Waals surface area (Å²) in [6, 6.07) is -0.167. The molecular weight excluding hydrogens is 102 g/mol. The van der Waals surface area contributed by atoms with Crippen LogP contribution >= 0.6 is 0 Å². The number of nitroso groups, excluding NO2 is 1. The van der Waals surface area contributed by atoms with Gasteiger partial charge in [0.05, 0.1) is 0 Å². The fourth-order valence-electron chi connectivity index (χ4n) is 0.513. The van der Waals surface area contributed by atoms with E-state index in [2.05, 4.69) is 5.18 Å². The molecule has 46 valence electrons. The highest BCUT2D eigenvalue weighted by Crippen LogP contribution is 1.95.